The number of nitrogens with zero attached hydrogens (tertiary/aromatic N) is 1. The number of nitrogen functional groups attached to an aromatic ring is 1. The molecular weight excluding hydrogens is 363 g/mol. The molecular formula is C18H16F3N3OS. The van der Waals surface area contributed by atoms with Crippen LogP contribution < -0.4 is 11.1 Å². The SMILES string of the molecule is CCc1ccc(NC(=O)c2sc3nc(C(F)(F)F)cc(C)c3c2N)cc1. The van der Waals surface area contributed by atoms with Gasteiger partial charge in [0.05, 0.1) is 5.69 Å². The van der Waals surface area contributed by atoms with E-state index in [0.29, 0.717) is 16.6 Å². The van der Waals surface area contributed by atoms with Gasteiger partial charge in [-0.3, -0.25) is 4.79 Å². The number of aryl methyl sites for hydroxylation is 2. The van der Waals surface area contributed by atoms with Gasteiger partial charge in [0.15, 0.2) is 0 Å². The molecule has 0 saturated heterocycles. The molecule has 0 atom stereocenters. The van der Waals surface area contributed by atoms with E-state index in [0.717, 1.165) is 29.4 Å². The Labute approximate surface area is 151 Å². The van der Waals surface area contributed by atoms with Crippen molar-refractivity contribution in [3.63, 3.8) is 0 Å². The lowest BCUT2D eigenvalue weighted by Crippen LogP contribution is -2.12. The van der Waals surface area contributed by atoms with Gasteiger partial charge in [-0.15, -0.1) is 11.3 Å². The van der Waals surface area contributed by atoms with Crippen molar-refractivity contribution in [2.45, 2.75) is 26.4 Å². The average Bonchev–Trinajstić information content (AvgIpc) is 2.92. The number of thiophene rings is 1. The van der Waals surface area contributed by atoms with Crippen molar-refractivity contribution in [3.05, 3.63) is 52.0 Å². The second-order valence-corrected chi connectivity index (χ2v) is 6.85. The van der Waals surface area contributed by atoms with Gasteiger partial charge in [-0.05, 0) is 42.7 Å². The molecule has 1 aromatic carbocycles. The van der Waals surface area contributed by atoms with Crippen LogP contribution in [0.3, 0.4) is 0 Å². The lowest BCUT2D eigenvalue weighted by atomic mass is 10.1. The molecule has 0 aliphatic carbocycles. The smallest absolute Gasteiger partial charge is 0.397 e. The first-order chi connectivity index (χ1) is 12.2. The summed E-state index contributed by atoms with van der Waals surface area (Å²) >= 11 is 0.855. The molecule has 2 aromatic heterocycles. The van der Waals surface area contributed by atoms with Crippen LogP contribution in [0, 0.1) is 6.92 Å². The molecule has 3 aromatic rings. The maximum atomic E-state index is 12.9. The quantitative estimate of drug-likeness (QED) is 0.671. The number of aromatic nitrogens is 1. The Hall–Kier alpha value is -2.61. The highest BCUT2D eigenvalue weighted by Gasteiger charge is 2.34. The van der Waals surface area contributed by atoms with Gasteiger partial charge in [0.1, 0.15) is 15.4 Å². The van der Waals surface area contributed by atoms with Gasteiger partial charge in [-0.1, -0.05) is 19.1 Å². The summed E-state index contributed by atoms with van der Waals surface area (Å²) in [5.41, 5.74) is 7.23. The zero-order valence-electron chi connectivity index (χ0n) is 14.1. The summed E-state index contributed by atoms with van der Waals surface area (Å²) in [6, 6.07) is 8.27. The van der Waals surface area contributed by atoms with E-state index < -0.39 is 17.8 Å². The number of pyridine rings is 1. The molecule has 0 fully saturated rings. The van der Waals surface area contributed by atoms with E-state index in [1.54, 1.807) is 12.1 Å². The van der Waals surface area contributed by atoms with Crippen LogP contribution >= 0.6 is 11.3 Å². The van der Waals surface area contributed by atoms with Gasteiger partial charge in [-0.2, -0.15) is 13.2 Å². The molecule has 0 saturated carbocycles. The molecule has 4 nitrogen and oxygen atoms in total. The van der Waals surface area contributed by atoms with E-state index in [-0.39, 0.29) is 15.4 Å². The lowest BCUT2D eigenvalue weighted by Gasteiger charge is -2.07. The van der Waals surface area contributed by atoms with Gasteiger partial charge >= 0.3 is 6.18 Å². The highest BCUT2D eigenvalue weighted by molar-refractivity contribution is 7.21. The third kappa shape index (κ3) is 3.37. The Kier molecular flexibility index (Phi) is 4.62. The summed E-state index contributed by atoms with van der Waals surface area (Å²) in [4.78, 5) is 16.4. The number of fused-ring (bicyclic) bond motifs is 1. The molecule has 2 heterocycles. The molecule has 0 spiro atoms. The normalized spacial score (nSPS) is 11.7. The Morgan fingerprint density at radius 2 is 1.92 bits per heavy atom. The third-order valence-electron chi connectivity index (χ3n) is 4.01. The number of alkyl halides is 3. The fourth-order valence-electron chi connectivity index (χ4n) is 2.64. The first-order valence-electron chi connectivity index (χ1n) is 7.87. The molecule has 3 rings (SSSR count). The summed E-state index contributed by atoms with van der Waals surface area (Å²) in [6.07, 6.45) is -3.68. The third-order valence-corrected chi connectivity index (χ3v) is 5.11. The average molecular weight is 379 g/mol. The van der Waals surface area contributed by atoms with E-state index in [2.05, 4.69) is 10.3 Å². The van der Waals surface area contributed by atoms with E-state index >= 15 is 0 Å². The summed E-state index contributed by atoms with van der Waals surface area (Å²) in [5, 5.41) is 3.10. The fraction of sp³-hybridized carbons (Fsp3) is 0.222. The summed E-state index contributed by atoms with van der Waals surface area (Å²) in [5.74, 6) is -0.470. The Bertz CT molecular complexity index is 978. The van der Waals surface area contributed by atoms with E-state index in [4.69, 9.17) is 5.73 Å². The van der Waals surface area contributed by atoms with Crippen molar-refractivity contribution in [3.8, 4) is 0 Å². The Balaban J connectivity index is 1.97. The van der Waals surface area contributed by atoms with E-state index in [9.17, 15) is 18.0 Å². The molecule has 0 aliphatic rings. The zero-order valence-corrected chi connectivity index (χ0v) is 14.9. The van der Waals surface area contributed by atoms with Gasteiger partial charge < -0.3 is 11.1 Å². The molecule has 26 heavy (non-hydrogen) atoms. The number of nitrogens with one attached hydrogen (secondary N) is 1. The van der Waals surface area contributed by atoms with Crippen LogP contribution in [0.15, 0.2) is 30.3 Å². The molecule has 0 radical (unpaired) electrons. The predicted molar refractivity (Wildman–Crippen MR) is 97.5 cm³/mol. The lowest BCUT2D eigenvalue weighted by molar-refractivity contribution is -0.141. The highest BCUT2D eigenvalue weighted by Crippen LogP contribution is 2.38. The number of carbonyl (C=O) groups excluding carboxylic acids is 1. The minimum atomic E-state index is -4.55. The molecule has 1 amide bonds. The maximum Gasteiger partial charge on any atom is 0.433 e. The first-order valence-corrected chi connectivity index (χ1v) is 8.69. The van der Waals surface area contributed by atoms with Crippen molar-refractivity contribution in [2.24, 2.45) is 0 Å². The predicted octanol–water partition coefficient (Wildman–Crippen LogP) is 5.02. The number of hydrogen-bond acceptors (Lipinski definition) is 4. The summed E-state index contributed by atoms with van der Waals surface area (Å²) in [6.45, 7) is 3.55. The van der Waals surface area contributed by atoms with Gasteiger partial charge in [-0.25, -0.2) is 4.98 Å². The largest absolute Gasteiger partial charge is 0.433 e. The number of amides is 1. The molecule has 8 heteroatoms. The maximum absolute atomic E-state index is 12.9. The minimum Gasteiger partial charge on any atom is -0.397 e. The standard InChI is InChI=1S/C18H16F3N3OS/c1-3-10-4-6-11(7-5-10)23-16(25)15-14(22)13-9(2)8-12(18(19,20)21)24-17(13)26-15/h4-8H,3,22H2,1-2H3,(H,23,25). The molecule has 136 valence electrons. The van der Waals surface area contributed by atoms with Crippen molar-refractivity contribution in [1.29, 1.82) is 0 Å². The van der Waals surface area contributed by atoms with Crippen molar-refractivity contribution < 1.29 is 18.0 Å². The van der Waals surface area contributed by atoms with Crippen LogP contribution in [-0.4, -0.2) is 10.9 Å². The molecule has 0 bridgehead atoms. The summed E-state index contributed by atoms with van der Waals surface area (Å²) < 4.78 is 38.8. The fourth-order valence-corrected chi connectivity index (χ4v) is 3.70. The second-order valence-electron chi connectivity index (χ2n) is 5.85. The van der Waals surface area contributed by atoms with Crippen LogP contribution in [0.25, 0.3) is 10.2 Å². The van der Waals surface area contributed by atoms with Crippen LogP contribution in [0.5, 0.6) is 0 Å². The number of anilines is 2. The number of carbonyl (C=O) groups is 1. The Morgan fingerprint density at radius 3 is 2.50 bits per heavy atom. The zero-order chi connectivity index (χ0) is 19.1. The minimum absolute atomic E-state index is 0.0984. The topological polar surface area (TPSA) is 68.0 Å². The van der Waals surface area contributed by atoms with Crippen LogP contribution in [0.4, 0.5) is 24.5 Å². The van der Waals surface area contributed by atoms with E-state index in [1.807, 2.05) is 19.1 Å². The number of benzene rings is 1. The number of halogens is 3. The van der Waals surface area contributed by atoms with Crippen molar-refractivity contribution in [1.82, 2.24) is 4.98 Å². The number of hydrogen-bond donors (Lipinski definition) is 2. The van der Waals surface area contributed by atoms with Crippen LogP contribution in [0.1, 0.15) is 33.4 Å². The van der Waals surface area contributed by atoms with E-state index in [1.165, 1.54) is 6.92 Å². The molecule has 0 aliphatic heterocycles. The van der Waals surface area contributed by atoms with Crippen molar-refractivity contribution in [2.75, 3.05) is 11.1 Å². The van der Waals surface area contributed by atoms with Gasteiger partial charge in [0, 0.05) is 11.1 Å². The van der Waals surface area contributed by atoms with Gasteiger partial charge in [0.25, 0.3) is 5.91 Å². The van der Waals surface area contributed by atoms with Gasteiger partial charge in [0.2, 0.25) is 0 Å². The number of rotatable bonds is 3. The number of nitrogens with two attached hydrogens (primary N) is 1. The monoisotopic (exact) mass is 379 g/mol. The summed E-state index contributed by atoms with van der Waals surface area (Å²) in [7, 11) is 0. The molecule has 3 N–H and O–H groups in total. The van der Waals surface area contributed by atoms with Crippen LogP contribution in [-0.2, 0) is 12.6 Å². The first kappa shape index (κ1) is 18.2. The van der Waals surface area contributed by atoms with Crippen molar-refractivity contribution >= 4 is 38.8 Å². The Morgan fingerprint density at radius 1 is 1.27 bits per heavy atom. The second kappa shape index (κ2) is 6.60. The highest BCUT2D eigenvalue weighted by atomic mass is 32.1. The van der Waals surface area contributed by atoms with Crippen LogP contribution in [0.2, 0.25) is 0 Å². The molecule has 0 unspecified atom stereocenters.